The van der Waals surface area contributed by atoms with Gasteiger partial charge in [0.25, 0.3) is 0 Å². The molecular formula is C24H25N7O. The topological polar surface area (TPSA) is 81.7 Å². The molecule has 4 aromatic rings. The quantitative estimate of drug-likeness (QED) is 0.498. The molecule has 1 aliphatic carbocycles. The molecule has 1 aromatic carbocycles. The van der Waals surface area contributed by atoms with Crippen LogP contribution in [-0.4, -0.2) is 46.7 Å². The van der Waals surface area contributed by atoms with Crippen molar-refractivity contribution in [1.29, 1.82) is 0 Å². The van der Waals surface area contributed by atoms with Crippen molar-refractivity contribution in [3.8, 4) is 22.6 Å². The lowest BCUT2D eigenvalue weighted by atomic mass is 10.0. The molecule has 32 heavy (non-hydrogen) atoms. The van der Waals surface area contributed by atoms with E-state index in [1.165, 1.54) is 18.7 Å². The summed E-state index contributed by atoms with van der Waals surface area (Å²) < 4.78 is 4.11. The van der Waals surface area contributed by atoms with E-state index in [4.69, 9.17) is 9.97 Å². The van der Waals surface area contributed by atoms with Gasteiger partial charge in [0.05, 0.1) is 35.2 Å². The molecular weight excluding hydrogens is 402 g/mol. The fraction of sp³-hybridized carbons (Fsp3) is 0.375. The zero-order chi connectivity index (χ0) is 21.8. The second-order valence-electron chi connectivity index (χ2n) is 8.69. The van der Waals surface area contributed by atoms with Crippen molar-refractivity contribution in [2.24, 2.45) is 7.05 Å². The number of rotatable bonds is 4. The SMILES string of the molecule is CCC(=O)N1CCn2c(C3CC3)nc(-c3cccc4nc(-c5cnn(C)c5)ncc34)c2C1. The lowest BCUT2D eigenvalue weighted by Crippen LogP contribution is -2.38. The monoisotopic (exact) mass is 427 g/mol. The molecule has 0 bridgehead atoms. The van der Waals surface area contributed by atoms with Gasteiger partial charge < -0.3 is 9.47 Å². The van der Waals surface area contributed by atoms with E-state index in [1.54, 1.807) is 10.9 Å². The second-order valence-corrected chi connectivity index (χ2v) is 8.69. The molecule has 0 spiro atoms. The molecule has 1 saturated carbocycles. The number of imidazole rings is 1. The van der Waals surface area contributed by atoms with E-state index in [0.717, 1.165) is 46.5 Å². The van der Waals surface area contributed by atoms with Gasteiger partial charge >= 0.3 is 0 Å². The maximum Gasteiger partial charge on any atom is 0.222 e. The van der Waals surface area contributed by atoms with Gasteiger partial charge in [0, 0.05) is 55.8 Å². The molecule has 0 radical (unpaired) electrons. The minimum absolute atomic E-state index is 0.193. The van der Waals surface area contributed by atoms with Gasteiger partial charge in [0.1, 0.15) is 5.82 Å². The summed E-state index contributed by atoms with van der Waals surface area (Å²) in [6.07, 6.45) is 8.50. The van der Waals surface area contributed by atoms with E-state index in [-0.39, 0.29) is 5.91 Å². The van der Waals surface area contributed by atoms with Crippen molar-refractivity contribution < 1.29 is 4.79 Å². The summed E-state index contributed by atoms with van der Waals surface area (Å²) in [6, 6.07) is 6.13. The maximum absolute atomic E-state index is 12.4. The van der Waals surface area contributed by atoms with Gasteiger partial charge in [-0.25, -0.2) is 15.0 Å². The predicted molar refractivity (Wildman–Crippen MR) is 121 cm³/mol. The third kappa shape index (κ3) is 3.09. The standard InChI is InChI=1S/C24H25N7O/c1-3-21(32)30-9-10-31-20(14-30)22(28-24(31)15-7-8-15)17-5-4-6-19-18(17)12-25-23(27-19)16-11-26-29(2)13-16/h4-6,11-13,15H,3,7-10,14H2,1-2H3. The number of hydrogen-bond donors (Lipinski definition) is 0. The van der Waals surface area contributed by atoms with E-state index in [2.05, 4.69) is 20.7 Å². The summed E-state index contributed by atoms with van der Waals surface area (Å²) in [5, 5.41) is 5.21. The molecule has 0 unspecified atom stereocenters. The largest absolute Gasteiger partial charge is 0.335 e. The van der Waals surface area contributed by atoms with Crippen LogP contribution in [-0.2, 0) is 24.9 Å². The van der Waals surface area contributed by atoms with Crippen LogP contribution in [0.2, 0.25) is 0 Å². The average Bonchev–Trinajstić information content (AvgIpc) is 3.47. The Labute approximate surface area is 185 Å². The third-order valence-electron chi connectivity index (χ3n) is 6.48. The van der Waals surface area contributed by atoms with E-state index in [1.807, 2.05) is 43.4 Å². The highest BCUT2D eigenvalue weighted by Crippen LogP contribution is 2.43. The van der Waals surface area contributed by atoms with Crippen LogP contribution in [0.5, 0.6) is 0 Å². The number of carbonyl (C=O) groups is 1. The smallest absolute Gasteiger partial charge is 0.222 e. The number of amides is 1. The van der Waals surface area contributed by atoms with E-state index in [0.29, 0.717) is 24.7 Å². The number of aryl methyl sites for hydroxylation is 1. The molecule has 1 amide bonds. The number of benzene rings is 1. The molecule has 0 N–H and O–H groups in total. The molecule has 8 nitrogen and oxygen atoms in total. The summed E-state index contributed by atoms with van der Waals surface area (Å²) in [5.74, 6) is 2.56. The van der Waals surface area contributed by atoms with Crippen molar-refractivity contribution in [3.63, 3.8) is 0 Å². The van der Waals surface area contributed by atoms with Gasteiger partial charge in [-0.15, -0.1) is 0 Å². The summed E-state index contributed by atoms with van der Waals surface area (Å²) in [4.78, 5) is 29.0. The lowest BCUT2D eigenvalue weighted by Gasteiger charge is -2.29. The van der Waals surface area contributed by atoms with Crippen molar-refractivity contribution in [3.05, 3.63) is 48.3 Å². The maximum atomic E-state index is 12.4. The molecule has 8 heteroatoms. The van der Waals surface area contributed by atoms with Crippen LogP contribution in [0.1, 0.15) is 43.6 Å². The Morgan fingerprint density at radius 2 is 2.03 bits per heavy atom. The Bertz CT molecular complexity index is 1350. The van der Waals surface area contributed by atoms with Crippen molar-refractivity contribution in [1.82, 2.24) is 34.2 Å². The van der Waals surface area contributed by atoms with Crippen LogP contribution in [0.25, 0.3) is 33.5 Å². The molecule has 0 atom stereocenters. The fourth-order valence-corrected chi connectivity index (χ4v) is 4.64. The van der Waals surface area contributed by atoms with Crippen molar-refractivity contribution in [2.45, 2.75) is 45.2 Å². The summed E-state index contributed by atoms with van der Waals surface area (Å²) in [7, 11) is 1.88. The lowest BCUT2D eigenvalue weighted by molar-refractivity contribution is -0.132. The zero-order valence-electron chi connectivity index (χ0n) is 18.3. The molecule has 6 rings (SSSR count). The number of hydrogen-bond acceptors (Lipinski definition) is 5. The molecule has 4 heterocycles. The van der Waals surface area contributed by atoms with Gasteiger partial charge in [-0.2, -0.15) is 5.10 Å². The average molecular weight is 428 g/mol. The zero-order valence-corrected chi connectivity index (χ0v) is 18.3. The fourth-order valence-electron chi connectivity index (χ4n) is 4.64. The van der Waals surface area contributed by atoms with E-state index < -0.39 is 0 Å². The number of carbonyl (C=O) groups excluding carboxylic acids is 1. The first-order valence-electron chi connectivity index (χ1n) is 11.2. The molecule has 1 fully saturated rings. The molecule has 1 aliphatic heterocycles. The highest BCUT2D eigenvalue weighted by molar-refractivity contribution is 5.94. The minimum Gasteiger partial charge on any atom is -0.335 e. The van der Waals surface area contributed by atoms with Crippen LogP contribution < -0.4 is 0 Å². The first kappa shape index (κ1) is 19.2. The molecule has 0 saturated heterocycles. The minimum atomic E-state index is 0.193. The second kappa shape index (κ2) is 7.25. The van der Waals surface area contributed by atoms with Crippen LogP contribution in [0.4, 0.5) is 0 Å². The first-order valence-corrected chi connectivity index (χ1v) is 11.2. The summed E-state index contributed by atoms with van der Waals surface area (Å²) >= 11 is 0. The van der Waals surface area contributed by atoms with Gasteiger partial charge in [-0.05, 0) is 18.9 Å². The summed E-state index contributed by atoms with van der Waals surface area (Å²) in [6.45, 7) is 4.09. The van der Waals surface area contributed by atoms with Gasteiger partial charge in [-0.1, -0.05) is 19.1 Å². The first-order chi connectivity index (χ1) is 15.6. The van der Waals surface area contributed by atoms with E-state index in [9.17, 15) is 4.79 Å². The molecule has 162 valence electrons. The van der Waals surface area contributed by atoms with Gasteiger partial charge in [0.2, 0.25) is 5.91 Å². The van der Waals surface area contributed by atoms with Crippen LogP contribution in [0, 0.1) is 0 Å². The summed E-state index contributed by atoms with van der Waals surface area (Å²) in [5.41, 5.74) is 4.89. The van der Waals surface area contributed by atoms with Crippen LogP contribution in [0.15, 0.2) is 36.8 Å². The Hall–Kier alpha value is -3.55. The van der Waals surface area contributed by atoms with Crippen molar-refractivity contribution >= 4 is 16.8 Å². The molecule has 3 aromatic heterocycles. The van der Waals surface area contributed by atoms with Crippen molar-refractivity contribution in [2.75, 3.05) is 6.54 Å². The molecule has 2 aliphatic rings. The Morgan fingerprint density at radius 1 is 1.16 bits per heavy atom. The Morgan fingerprint density at radius 3 is 2.78 bits per heavy atom. The third-order valence-corrected chi connectivity index (χ3v) is 6.48. The van der Waals surface area contributed by atoms with Crippen LogP contribution >= 0.6 is 0 Å². The Kier molecular flexibility index (Phi) is 4.34. The predicted octanol–water partition coefficient (Wildman–Crippen LogP) is 3.52. The Balaban J connectivity index is 1.48. The van der Waals surface area contributed by atoms with Crippen LogP contribution in [0.3, 0.4) is 0 Å². The normalized spacial score (nSPS) is 15.9. The number of aromatic nitrogens is 6. The van der Waals surface area contributed by atoms with E-state index >= 15 is 0 Å². The highest BCUT2D eigenvalue weighted by Gasteiger charge is 2.34. The number of nitrogens with zero attached hydrogens (tertiary/aromatic N) is 7. The number of fused-ring (bicyclic) bond motifs is 2. The van der Waals surface area contributed by atoms with Gasteiger partial charge in [0.15, 0.2) is 5.82 Å². The van der Waals surface area contributed by atoms with Gasteiger partial charge in [-0.3, -0.25) is 9.48 Å². The highest BCUT2D eigenvalue weighted by atomic mass is 16.2.